The molecule has 0 bridgehead atoms. The Hall–Kier alpha value is 0.270. The summed E-state index contributed by atoms with van der Waals surface area (Å²) in [6.45, 7) is 2.17. The van der Waals surface area contributed by atoms with Crippen molar-refractivity contribution in [1.29, 1.82) is 0 Å². The average Bonchev–Trinajstić information content (AvgIpc) is 1.61. The lowest BCUT2D eigenvalue weighted by atomic mass is 10.9. The van der Waals surface area contributed by atoms with E-state index in [1.54, 1.807) is 6.92 Å². The van der Waals surface area contributed by atoms with Crippen molar-refractivity contribution in [2.45, 2.75) is 6.92 Å². The van der Waals surface area contributed by atoms with Gasteiger partial charge in [-0.3, -0.25) is 4.84 Å². The molecule has 0 atom stereocenters. The molecule has 0 fully saturated rings. The summed E-state index contributed by atoms with van der Waals surface area (Å²) < 4.78 is 0. The van der Waals surface area contributed by atoms with Crippen LogP contribution in [0.4, 0.5) is 0 Å². The lowest BCUT2D eigenvalue weighted by molar-refractivity contribution is 0.0946. The van der Waals surface area contributed by atoms with Crippen LogP contribution in [0.5, 0.6) is 0 Å². The zero-order valence-corrected chi connectivity index (χ0v) is 4.85. The van der Waals surface area contributed by atoms with Crippen LogP contribution in [-0.4, -0.2) is 16.4 Å². The Morgan fingerprint density at radius 1 is 1.71 bits per heavy atom. The predicted molar refractivity (Wildman–Crippen MR) is 26.1 cm³/mol. The second kappa shape index (κ2) is 4.43. The molecule has 0 rings (SSSR count). The van der Waals surface area contributed by atoms with Crippen molar-refractivity contribution in [2.75, 3.05) is 6.61 Å². The lowest BCUT2D eigenvalue weighted by Gasteiger charge is -2.00. The van der Waals surface area contributed by atoms with E-state index in [0.717, 1.165) is 0 Å². The fourth-order valence-electron chi connectivity index (χ4n) is 0.122. The molecule has 0 heterocycles. The van der Waals surface area contributed by atoms with Gasteiger partial charge in [0.1, 0.15) is 0 Å². The molecule has 0 aliphatic rings. The fourth-order valence-corrected chi connectivity index (χ4v) is 0.367. The number of hydrogen-bond acceptors (Lipinski definition) is 4. The van der Waals surface area contributed by atoms with Crippen LogP contribution < -0.4 is 5.25 Å². The molecule has 0 aromatic heterocycles. The third kappa shape index (κ3) is 6.27. The molecule has 0 aromatic rings. The third-order valence-electron chi connectivity index (χ3n) is 0.291. The molecule has 0 spiro atoms. The van der Waals surface area contributed by atoms with Gasteiger partial charge in [0.25, 0.3) is 8.53 Å². The minimum absolute atomic E-state index is 0.431. The molecule has 0 aromatic carbocycles. The molecule has 5 heteroatoms. The molecule has 3 N–H and O–H groups in total. The summed E-state index contributed by atoms with van der Waals surface area (Å²) in [5, 5.41) is 1.97. The highest BCUT2D eigenvalue weighted by Gasteiger charge is 1.91. The van der Waals surface area contributed by atoms with E-state index in [1.807, 2.05) is 5.25 Å². The fraction of sp³-hybridized carbons (Fsp3) is 1.00. The molecule has 0 aliphatic heterocycles. The first kappa shape index (κ1) is 7.27. The third-order valence-corrected chi connectivity index (χ3v) is 0.583. The summed E-state index contributed by atoms with van der Waals surface area (Å²) >= 11 is 0. The molecule has 44 valence electrons. The first-order valence-electron chi connectivity index (χ1n) is 1.82. The van der Waals surface area contributed by atoms with Gasteiger partial charge in [0.2, 0.25) is 0 Å². The van der Waals surface area contributed by atoms with Crippen LogP contribution in [0, 0.1) is 0 Å². The van der Waals surface area contributed by atoms with Gasteiger partial charge >= 0.3 is 0 Å². The highest BCUT2D eigenvalue weighted by atomic mass is 31.2. The summed E-state index contributed by atoms with van der Waals surface area (Å²) in [5.41, 5.74) is 0. The van der Waals surface area contributed by atoms with Crippen molar-refractivity contribution in [3.63, 3.8) is 0 Å². The summed E-state index contributed by atoms with van der Waals surface area (Å²) in [6, 6.07) is 0. The van der Waals surface area contributed by atoms with Gasteiger partial charge in [0.15, 0.2) is 0 Å². The van der Waals surface area contributed by atoms with E-state index >= 15 is 0 Å². The molecule has 0 unspecified atom stereocenters. The maximum atomic E-state index is 8.07. The van der Waals surface area contributed by atoms with E-state index in [0.29, 0.717) is 6.61 Å². The number of hydrogen-bond donors (Lipinski definition) is 3. The zero-order chi connectivity index (χ0) is 5.70. The van der Waals surface area contributed by atoms with E-state index in [4.69, 9.17) is 9.79 Å². The van der Waals surface area contributed by atoms with E-state index in [1.165, 1.54) is 0 Å². The number of rotatable bonds is 3. The topological polar surface area (TPSA) is 61.7 Å². The first-order chi connectivity index (χ1) is 3.27. The van der Waals surface area contributed by atoms with E-state index in [2.05, 4.69) is 4.84 Å². The highest BCUT2D eigenvalue weighted by Crippen LogP contribution is 2.14. The standard InChI is InChI=1S/C2H8NO3P/c1-2-6-3-7(4)5/h3-5H,2H2,1H3. The predicted octanol–water partition coefficient (Wildman–Crippen LogP) is -0.261. The zero-order valence-electron chi connectivity index (χ0n) is 3.96. The molecule has 7 heavy (non-hydrogen) atoms. The molecule has 0 aliphatic carbocycles. The van der Waals surface area contributed by atoms with Gasteiger partial charge in [-0.1, -0.05) is 0 Å². The van der Waals surface area contributed by atoms with Gasteiger partial charge in [0.05, 0.1) is 6.61 Å². The largest absolute Gasteiger partial charge is 0.337 e. The molecule has 0 radical (unpaired) electrons. The van der Waals surface area contributed by atoms with Crippen molar-refractivity contribution < 1.29 is 14.6 Å². The summed E-state index contributed by atoms with van der Waals surface area (Å²) in [5.74, 6) is 0. The second-order valence-corrected chi connectivity index (χ2v) is 1.58. The summed E-state index contributed by atoms with van der Waals surface area (Å²) in [7, 11) is -2.08. The van der Waals surface area contributed by atoms with E-state index in [9.17, 15) is 0 Å². The Kier molecular flexibility index (Phi) is 4.60. The van der Waals surface area contributed by atoms with E-state index < -0.39 is 8.53 Å². The van der Waals surface area contributed by atoms with Gasteiger partial charge in [-0.15, -0.1) is 5.25 Å². The van der Waals surface area contributed by atoms with Gasteiger partial charge in [0, 0.05) is 0 Å². The van der Waals surface area contributed by atoms with Gasteiger partial charge in [-0.25, -0.2) is 0 Å². The van der Waals surface area contributed by atoms with Crippen molar-refractivity contribution in [3.05, 3.63) is 0 Å². The van der Waals surface area contributed by atoms with Gasteiger partial charge < -0.3 is 9.79 Å². The van der Waals surface area contributed by atoms with Crippen molar-refractivity contribution in [1.82, 2.24) is 5.25 Å². The van der Waals surface area contributed by atoms with Crippen LogP contribution in [0.25, 0.3) is 0 Å². The quantitative estimate of drug-likeness (QED) is 0.359. The molecule has 0 amide bonds. The second-order valence-electron chi connectivity index (χ2n) is 0.814. The van der Waals surface area contributed by atoms with Crippen molar-refractivity contribution >= 4 is 8.53 Å². The Morgan fingerprint density at radius 2 is 2.29 bits per heavy atom. The van der Waals surface area contributed by atoms with Crippen LogP contribution in [0.2, 0.25) is 0 Å². The maximum absolute atomic E-state index is 8.07. The number of nitrogens with one attached hydrogen (secondary N) is 1. The highest BCUT2D eigenvalue weighted by molar-refractivity contribution is 7.42. The smallest absolute Gasteiger partial charge is 0.275 e. The van der Waals surface area contributed by atoms with Crippen LogP contribution in [0.3, 0.4) is 0 Å². The summed E-state index contributed by atoms with van der Waals surface area (Å²) in [4.78, 5) is 20.5. The van der Waals surface area contributed by atoms with Gasteiger partial charge in [-0.05, 0) is 6.92 Å². The maximum Gasteiger partial charge on any atom is 0.275 e. The van der Waals surface area contributed by atoms with Crippen LogP contribution in [0.1, 0.15) is 6.92 Å². The molecule has 4 nitrogen and oxygen atoms in total. The first-order valence-corrected chi connectivity index (χ1v) is 3.07. The van der Waals surface area contributed by atoms with Crippen LogP contribution >= 0.6 is 8.53 Å². The molecule has 0 saturated heterocycles. The van der Waals surface area contributed by atoms with Crippen LogP contribution in [0.15, 0.2) is 0 Å². The lowest BCUT2D eigenvalue weighted by Crippen LogP contribution is -2.05. The minimum Gasteiger partial charge on any atom is -0.337 e. The van der Waals surface area contributed by atoms with Crippen molar-refractivity contribution in [3.8, 4) is 0 Å². The minimum atomic E-state index is -2.08. The normalized spacial score (nSPS) is 10.3. The molecular weight excluding hydrogens is 117 g/mol. The molecule has 0 saturated carbocycles. The average molecular weight is 125 g/mol. The Bertz CT molecular complexity index is 41.9. The summed E-state index contributed by atoms with van der Waals surface area (Å²) in [6.07, 6.45) is 0. The SMILES string of the molecule is CCONP(O)O. The van der Waals surface area contributed by atoms with Crippen molar-refractivity contribution in [2.24, 2.45) is 0 Å². The Balaban J connectivity index is 2.68. The Morgan fingerprint density at radius 3 is 2.43 bits per heavy atom. The van der Waals surface area contributed by atoms with E-state index in [-0.39, 0.29) is 0 Å². The monoisotopic (exact) mass is 125 g/mol. The van der Waals surface area contributed by atoms with Gasteiger partial charge in [-0.2, -0.15) is 0 Å². The van der Waals surface area contributed by atoms with Crippen LogP contribution in [-0.2, 0) is 4.84 Å². The molecular formula is C2H8NO3P. The Labute approximate surface area is 43.0 Å².